The molecular weight excluding hydrogens is 531 g/mol. The van der Waals surface area contributed by atoms with Crippen molar-refractivity contribution < 1.29 is 40.3 Å². The number of amides is 1. The Balaban J connectivity index is 1.49. The third-order valence-electron chi connectivity index (χ3n) is 7.18. The Morgan fingerprint density at radius 3 is 2.23 bits per heavy atom. The maximum Gasteiger partial charge on any atom is 0.416 e. The Labute approximate surface area is 218 Å². The summed E-state index contributed by atoms with van der Waals surface area (Å²) in [6.45, 7) is 1.42. The number of aromatic nitrogens is 2. The van der Waals surface area contributed by atoms with E-state index in [-0.39, 0.29) is 24.1 Å². The smallest absolute Gasteiger partial charge is 0.368 e. The van der Waals surface area contributed by atoms with Crippen LogP contribution in [-0.2, 0) is 21.9 Å². The average Bonchev–Trinajstić information content (AvgIpc) is 3.52. The van der Waals surface area contributed by atoms with Crippen LogP contribution in [0.25, 0.3) is 5.57 Å². The molecule has 2 aliphatic heterocycles. The Morgan fingerprint density at radius 2 is 1.67 bits per heavy atom. The lowest BCUT2D eigenvalue weighted by Crippen LogP contribution is -2.39. The number of carbonyl (C=O) groups is 1. The van der Waals surface area contributed by atoms with Crippen LogP contribution in [0.3, 0.4) is 0 Å². The zero-order valence-electron chi connectivity index (χ0n) is 20.4. The fourth-order valence-corrected chi connectivity index (χ4v) is 5.32. The summed E-state index contributed by atoms with van der Waals surface area (Å²) in [5.41, 5.74) is -1.13. The van der Waals surface area contributed by atoms with Gasteiger partial charge in [-0.2, -0.15) is 31.4 Å². The van der Waals surface area contributed by atoms with Gasteiger partial charge in [0, 0.05) is 36.3 Å². The number of alkyl halides is 6. The summed E-state index contributed by atoms with van der Waals surface area (Å²) < 4.78 is 100. The van der Waals surface area contributed by atoms with Crippen LogP contribution in [0.5, 0.6) is 0 Å². The summed E-state index contributed by atoms with van der Waals surface area (Å²) in [4.78, 5) is 14.6. The average molecular weight is 553 g/mol. The highest BCUT2D eigenvalue weighted by atomic mass is 19.4. The lowest BCUT2D eigenvalue weighted by atomic mass is 9.84. The SMILES string of the molecule is C[C@@H](O[C@H]1CN2C(=O)C=C(c3cn[nH]c3)C[C@H]2[C@@H]1c1ccc(F)cc1)c1cc(C(F)(F)F)cc(C(F)(F)F)c1. The lowest BCUT2D eigenvalue weighted by Gasteiger charge is -2.32. The van der Waals surface area contributed by atoms with Gasteiger partial charge in [-0.25, -0.2) is 4.39 Å². The normalized spacial score (nSPS) is 22.6. The minimum atomic E-state index is -5.00. The van der Waals surface area contributed by atoms with Crippen molar-refractivity contribution in [2.75, 3.05) is 6.54 Å². The fourth-order valence-electron chi connectivity index (χ4n) is 5.32. The van der Waals surface area contributed by atoms with Gasteiger partial charge in [0.25, 0.3) is 0 Å². The van der Waals surface area contributed by atoms with Gasteiger partial charge in [0.2, 0.25) is 5.91 Å². The van der Waals surface area contributed by atoms with Gasteiger partial charge in [-0.1, -0.05) is 12.1 Å². The molecule has 1 aromatic heterocycles. The van der Waals surface area contributed by atoms with E-state index in [1.54, 1.807) is 17.3 Å². The number of nitrogens with zero attached hydrogens (tertiary/aromatic N) is 2. The highest BCUT2D eigenvalue weighted by Crippen LogP contribution is 2.45. The highest BCUT2D eigenvalue weighted by molar-refractivity contribution is 5.97. The molecular formula is C27H22F7N3O2. The molecule has 1 fully saturated rings. The number of hydrogen-bond acceptors (Lipinski definition) is 3. The molecule has 0 bridgehead atoms. The summed E-state index contributed by atoms with van der Waals surface area (Å²) in [6.07, 6.45) is -6.90. The number of nitrogens with one attached hydrogen (secondary N) is 1. The van der Waals surface area contributed by atoms with Crippen LogP contribution in [0.2, 0.25) is 0 Å². The van der Waals surface area contributed by atoms with E-state index >= 15 is 0 Å². The number of aromatic amines is 1. The largest absolute Gasteiger partial charge is 0.416 e. The number of rotatable bonds is 5. The van der Waals surface area contributed by atoms with Gasteiger partial charge in [-0.3, -0.25) is 9.89 Å². The van der Waals surface area contributed by atoms with Crippen LogP contribution in [0.4, 0.5) is 30.7 Å². The maximum absolute atomic E-state index is 13.7. The van der Waals surface area contributed by atoms with Crippen LogP contribution < -0.4 is 0 Å². The molecule has 3 aromatic rings. The molecule has 0 radical (unpaired) electrons. The molecule has 39 heavy (non-hydrogen) atoms. The van der Waals surface area contributed by atoms with E-state index in [0.29, 0.717) is 35.3 Å². The summed E-state index contributed by atoms with van der Waals surface area (Å²) in [7, 11) is 0. The molecule has 2 aromatic carbocycles. The first-order valence-electron chi connectivity index (χ1n) is 12.0. The van der Waals surface area contributed by atoms with Gasteiger partial charge >= 0.3 is 12.4 Å². The molecule has 3 heterocycles. The van der Waals surface area contributed by atoms with Crippen LogP contribution in [0, 0.1) is 5.82 Å². The van der Waals surface area contributed by atoms with Crippen molar-refractivity contribution in [2.45, 2.75) is 49.9 Å². The quantitative estimate of drug-likeness (QED) is 0.367. The van der Waals surface area contributed by atoms with E-state index in [9.17, 15) is 35.5 Å². The second-order valence-electron chi connectivity index (χ2n) is 9.65. The minimum absolute atomic E-state index is 0.0517. The van der Waals surface area contributed by atoms with Crippen LogP contribution in [0.1, 0.15) is 53.2 Å². The number of fused-ring (bicyclic) bond motifs is 1. The zero-order chi connectivity index (χ0) is 28.1. The summed E-state index contributed by atoms with van der Waals surface area (Å²) in [5.74, 6) is -1.32. The number of ether oxygens (including phenoxy) is 1. The van der Waals surface area contributed by atoms with E-state index in [1.807, 2.05) is 0 Å². The second kappa shape index (κ2) is 9.82. The Morgan fingerprint density at radius 1 is 1.03 bits per heavy atom. The van der Waals surface area contributed by atoms with Crippen molar-refractivity contribution in [1.82, 2.24) is 15.1 Å². The molecule has 0 unspecified atom stereocenters. The molecule has 0 saturated carbocycles. The van der Waals surface area contributed by atoms with Crippen LogP contribution in [0.15, 0.2) is 60.9 Å². The fraction of sp³-hybridized carbons (Fsp3) is 0.333. The summed E-state index contributed by atoms with van der Waals surface area (Å²) in [6, 6.07) is 6.47. The molecule has 0 spiro atoms. The first-order valence-corrected chi connectivity index (χ1v) is 12.0. The van der Waals surface area contributed by atoms with Crippen molar-refractivity contribution in [3.8, 4) is 0 Å². The van der Waals surface area contributed by atoms with Crippen molar-refractivity contribution in [3.05, 3.63) is 94.6 Å². The van der Waals surface area contributed by atoms with Gasteiger partial charge < -0.3 is 9.64 Å². The maximum atomic E-state index is 13.7. The number of H-pyrrole nitrogens is 1. The molecule has 5 nitrogen and oxygen atoms in total. The van der Waals surface area contributed by atoms with Crippen LogP contribution >= 0.6 is 0 Å². The van der Waals surface area contributed by atoms with Gasteiger partial charge in [-0.05, 0) is 60.4 Å². The van der Waals surface area contributed by atoms with Gasteiger partial charge in [-0.15, -0.1) is 0 Å². The van der Waals surface area contributed by atoms with Crippen molar-refractivity contribution in [1.29, 1.82) is 0 Å². The molecule has 1 amide bonds. The topological polar surface area (TPSA) is 58.2 Å². The second-order valence-corrected chi connectivity index (χ2v) is 9.65. The van der Waals surface area contributed by atoms with E-state index in [1.165, 1.54) is 37.3 Å². The van der Waals surface area contributed by atoms with Crippen molar-refractivity contribution >= 4 is 11.5 Å². The third-order valence-corrected chi connectivity index (χ3v) is 7.18. The molecule has 2 aliphatic rings. The van der Waals surface area contributed by atoms with Gasteiger partial charge in [0.15, 0.2) is 0 Å². The molecule has 1 N–H and O–H groups in total. The number of hydrogen-bond donors (Lipinski definition) is 1. The molecule has 5 rings (SSSR count). The lowest BCUT2D eigenvalue weighted by molar-refractivity contribution is -0.143. The summed E-state index contributed by atoms with van der Waals surface area (Å²) >= 11 is 0. The third kappa shape index (κ3) is 5.42. The van der Waals surface area contributed by atoms with E-state index in [4.69, 9.17) is 4.74 Å². The van der Waals surface area contributed by atoms with E-state index in [0.717, 1.165) is 0 Å². The monoisotopic (exact) mass is 553 g/mol. The zero-order valence-corrected chi connectivity index (χ0v) is 20.4. The van der Waals surface area contributed by atoms with E-state index in [2.05, 4.69) is 10.2 Å². The Hall–Kier alpha value is -3.67. The predicted molar refractivity (Wildman–Crippen MR) is 126 cm³/mol. The van der Waals surface area contributed by atoms with Crippen molar-refractivity contribution in [3.63, 3.8) is 0 Å². The molecule has 1 saturated heterocycles. The Kier molecular flexibility index (Phi) is 6.78. The number of carbonyl (C=O) groups excluding carboxylic acids is 1. The van der Waals surface area contributed by atoms with Crippen molar-refractivity contribution in [2.24, 2.45) is 0 Å². The molecule has 4 atom stereocenters. The summed E-state index contributed by atoms with van der Waals surface area (Å²) in [5, 5.41) is 6.61. The highest BCUT2D eigenvalue weighted by Gasteiger charge is 2.48. The van der Waals surface area contributed by atoms with Gasteiger partial charge in [0.05, 0.1) is 29.5 Å². The molecule has 0 aliphatic carbocycles. The van der Waals surface area contributed by atoms with E-state index < -0.39 is 53.5 Å². The number of halogens is 7. The Bertz CT molecular complexity index is 1350. The van der Waals surface area contributed by atoms with Crippen LogP contribution in [-0.4, -0.2) is 39.7 Å². The standard InChI is InChI=1S/C27H22F7N3O2/c1-14(16-6-19(26(29,30)31)10-20(7-16)27(32,33)34)39-23-13-37-22(25(23)15-2-4-21(28)5-3-15)8-17(9-24(37)38)18-11-35-36-12-18/h2-7,9-12,14,22-23,25H,8,13H2,1H3,(H,35,36)/t14-,22+,23+,25+/m1/s1. The molecule has 12 heteroatoms. The first-order chi connectivity index (χ1) is 18.3. The number of benzene rings is 2. The first kappa shape index (κ1) is 26.9. The predicted octanol–water partition coefficient (Wildman–Crippen LogP) is 6.51. The minimum Gasteiger partial charge on any atom is -0.368 e. The van der Waals surface area contributed by atoms with Gasteiger partial charge in [0.1, 0.15) is 5.82 Å². The molecule has 206 valence electrons.